The van der Waals surface area contributed by atoms with Crippen LogP contribution in [-0.2, 0) is 11.4 Å². The summed E-state index contributed by atoms with van der Waals surface area (Å²) in [6, 6.07) is 12.5. The van der Waals surface area contributed by atoms with E-state index in [1.807, 2.05) is 30.3 Å². The maximum atomic E-state index is 10.7. The van der Waals surface area contributed by atoms with Gasteiger partial charge in [-0.3, -0.25) is 30.5 Å². The molecule has 0 unspecified atom stereocenters. The van der Waals surface area contributed by atoms with Gasteiger partial charge in [-0.2, -0.15) is 0 Å². The molecule has 0 saturated carbocycles. The molecule has 0 bridgehead atoms. The molecule has 2 aromatic carbocycles. The largest absolute Gasteiger partial charge is 0.278 e. The minimum Gasteiger partial charge on any atom is -0.271 e. The van der Waals surface area contributed by atoms with Crippen molar-refractivity contribution in [2.24, 2.45) is 0 Å². The van der Waals surface area contributed by atoms with Crippen molar-refractivity contribution >= 4 is 17.1 Å². The smallest absolute Gasteiger partial charge is 0.271 e. The summed E-state index contributed by atoms with van der Waals surface area (Å²) in [5.41, 5.74) is 2.75. The molecule has 1 N–H and O–H groups in total. The SMILES string of the molecule is O=[N+]([O-])c1cc(NOCc2ccccc2)cc([N+](=O)[O-])c1. The van der Waals surface area contributed by atoms with E-state index in [0.29, 0.717) is 0 Å². The summed E-state index contributed by atoms with van der Waals surface area (Å²) in [6.45, 7) is 0.220. The summed E-state index contributed by atoms with van der Waals surface area (Å²) < 4.78 is 0. The molecule has 0 atom stereocenters. The number of nitro benzene ring substituents is 2. The van der Waals surface area contributed by atoms with Crippen LogP contribution < -0.4 is 5.48 Å². The summed E-state index contributed by atoms with van der Waals surface area (Å²) in [7, 11) is 0. The van der Waals surface area contributed by atoms with Crippen LogP contribution in [0.25, 0.3) is 0 Å². The van der Waals surface area contributed by atoms with Crippen LogP contribution in [0.2, 0.25) is 0 Å². The highest BCUT2D eigenvalue weighted by molar-refractivity contribution is 5.57. The monoisotopic (exact) mass is 289 g/mol. The van der Waals surface area contributed by atoms with Gasteiger partial charge in [0.25, 0.3) is 11.4 Å². The van der Waals surface area contributed by atoms with Gasteiger partial charge in [0.05, 0.1) is 28.2 Å². The molecule has 0 aliphatic carbocycles. The molecule has 0 aliphatic heterocycles. The maximum Gasteiger partial charge on any atom is 0.278 e. The fourth-order valence-electron chi connectivity index (χ4n) is 1.64. The fourth-order valence-corrected chi connectivity index (χ4v) is 1.64. The molecule has 0 spiro atoms. The van der Waals surface area contributed by atoms with Gasteiger partial charge in [-0.05, 0) is 5.56 Å². The Morgan fingerprint density at radius 3 is 2.05 bits per heavy atom. The minimum atomic E-state index is -0.699. The summed E-state index contributed by atoms with van der Waals surface area (Å²) in [4.78, 5) is 25.3. The first-order chi connectivity index (χ1) is 10.1. The van der Waals surface area contributed by atoms with Crippen LogP contribution in [-0.4, -0.2) is 9.85 Å². The van der Waals surface area contributed by atoms with E-state index in [4.69, 9.17) is 4.84 Å². The third-order valence-electron chi connectivity index (χ3n) is 2.60. The van der Waals surface area contributed by atoms with Crippen LogP contribution >= 0.6 is 0 Å². The van der Waals surface area contributed by atoms with E-state index in [0.717, 1.165) is 23.8 Å². The van der Waals surface area contributed by atoms with Crippen molar-refractivity contribution in [3.63, 3.8) is 0 Å². The lowest BCUT2D eigenvalue weighted by molar-refractivity contribution is -0.394. The number of nitro groups is 2. The normalized spacial score (nSPS) is 10.1. The van der Waals surface area contributed by atoms with Gasteiger partial charge in [0, 0.05) is 12.1 Å². The Labute approximate surface area is 119 Å². The third kappa shape index (κ3) is 3.98. The molecule has 0 aliphatic rings. The van der Waals surface area contributed by atoms with E-state index >= 15 is 0 Å². The highest BCUT2D eigenvalue weighted by Crippen LogP contribution is 2.25. The van der Waals surface area contributed by atoms with Crippen LogP contribution in [0.5, 0.6) is 0 Å². The van der Waals surface area contributed by atoms with Crippen LogP contribution in [0.15, 0.2) is 48.5 Å². The molecule has 2 rings (SSSR count). The molecule has 8 nitrogen and oxygen atoms in total. The number of nitrogens with one attached hydrogen (secondary N) is 1. The molecule has 0 fully saturated rings. The lowest BCUT2D eigenvalue weighted by Crippen LogP contribution is -2.03. The van der Waals surface area contributed by atoms with Crippen LogP contribution in [0.1, 0.15) is 5.56 Å². The number of non-ortho nitro benzene ring substituents is 2. The van der Waals surface area contributed by atoms with Crippen molar-refractivity contribution in [2.75, 3.05) is 5.48 Å². The number of hydrogen-bond acceptors (Lipinski definition) is 6. The average molecular weight is 289 g/mol. The Balaban J connectivity index is 2.08. The van der Waals surface area contributed by atoms with E-state index in [-0.39, 0.29) is 23.7 Å². The van der Waals surface area contributed by atoms with E-state index < -0.39 is 9.85 Å². The molecule has 8 heteroatoms. The Bertz CT molecular complexity index is 628. The lowest BCUT2D eigenvalue weighted by atomic mass is 10.2. The fraction of sp³-hybridized carbons (Fsp3) is 0.0769. The first-order valence-electron chi connectivity index (χ1n) is 5.92. The number of benzene rings is 2. The van der Waals surface area contributed by atoms with E-state index in [1.54, 1.807) is 0 Å². The molecule has 0 amide bonds. The van der Waals surface area contributed by atoms with Gasteiger partial charge in [0.15, 0.2) is 0 Å². The molecular weight excluding hydrogens is 278 g/mol. The van der Waals surface area contributed by atoms with Crippen LogP contribution in [0, 0.1) is 20.2 Å². The molecule has 21 heavy (non-hydrogen) atoms. The van der Waals surface area contributed by atoms with Gasteiger partial charge in [-0.25, -0.2) is 0 Å². The maximum absolute atomic E-state index is 10.7. The summed E-state index contributed by atoms with van der Waals surface area (Å²) in [6.07, 6.45) is 0. The summed E-state index contributed by atoms with van der Waals surface area (Å²) in [5, 5.41) is 21.5. The van der Waals surface area contributed by atoms with Gasteiger partial charge < -0.3 is 0 Å². The zero-order valence-corrected chi connectivity index (χ0v) is 10.8. The molecule has 0 heterocycles. The van der Waals surface area contributed by atoms with Gasteiger partial charge >= 0.3 is 0 Å². The molecular formula is C13H11N3O5. The second-order valence-corrected chi connectivity index (χ2v) is 4.13. The molecule has 108 valence electrons. The minimum absolute atomic E-state index is 0.145. The van der Waals surface area contributed by atoms with E-state index in [9.17, 15) is 20.2 Å². The number of anilines is 1. The van der Waals surface area contributed by atoms with Crippen molar-refractivity contribution < 1.29 is 14.7 Å². The topological polar surface area (TPSA) is 108 Å². The third-order valence-corrected chi connectivity index (χ3v) is 2.60. The number of rotatable bonds is 6. The van der Waals surface area contributed by atoms with Crippen molar-refractivity contribution in [2.45, 2.75) is 6.61 Å². The van der Waals surface area contributed by atoms with Crippen LogP contribution in [0.4, 0.5) is 17.1 Å². The van der Waals surface area contributed by atoms with Gasteiger partial charge in [0.2, 0.25) is 0 Å². The van der Waals surface area contributed by atoms with Gasteiger partial charge in [-0.15, -0.1) is 0 Å². The summed E-state index contributed by atoms with van der Waals surface area (Å²) >= 11 is 0. The van der Waals surface area contributed by atoms with Crippen molar-refractivity contribution in [1.29, 1.82) is 0 Å². The molecule has 0 saturated heterocycles. The van der Waals surface area contributed by atoms with Gasteiger partial charge in [0.1, 0.15) is 0 Å². The second kappa shape index (κ2) is 6.44. The van der Waals surface area contributed by atoms with E-state index in [2.05, 4.69) is 5.48 Å². The van der Waals surface area contributed by atoms with Gasteiger partial charge in [-0.1, -0.05) is 30.3 Å². The molecule has 2 aromatic rings. The predicted octanol–water partition coefficient (Wildman–Crippen LogP) is 3.05. The lowest BCUT2D eigenvalue weighted by Gasteiger charge is -2.07. The molecule has 0 aromatic heterocycles. The quantitative estimate of drug-likeness (QED) is 0.646. The first-order valence-corrected chi connectivity index (χ1v) is 5.92. The zero-order valence-electron chi connectivity index (χ0n) is 10.8. The average Bonchev–Trinajstić information content (AvgIpc) is 2.48. The first kappa shape index (κ1) is 14.4. The second-order valence-electron chi connectivity index (χ2n) is 4.13. The Hall–Kier alpha value is -3.00. The van der Waals surface area contributed by atoms with Crippen molar-refractivity contribution in [3.05, 3.63) is 74.3 Å². The Morgan fingerprint density at radius 2 is 1.52 bits per heavy atom. The van der Waals surface area contributed by atoms with Crippen LogP contribution in [0.3, 0.4) is 0 Å². The zero-order chi connectivity index (χ0) is 15.2. The highest BCUT2D eigenvalue weighted by Gasteiger charge is 2.16. The number of nitrogens with zero attached hydrogens (tertiary/aromatic N) is 2. The standard InChI is InChI=1S/C13H11N3O5/c17-15(18)12-6-11(7-13(8-12)16(19)20)14-21-9-10-4-2-1-3-5-10/h1-8,14H,9H2. The molecule has 0 radical (unpaired) electrons. The Morgan fingerprint density at radius 1 is 0.952 bits per heavy atom. The van der Waals surface area contributed by atoms with Crippen molar-refractivity contribution in [3.8, 4) is 0 Å². The Kier molecular flexibility index (Phi) is 4.42. The van der Waals surface area contributed by atoms with E-state index in [1.165, 1.54) is 0 Å². The number of hydrogen-bond donors (Lipinski definition) is 1. The summed E-state index contributed by atoms with van der Waals surface area (Å²) in [5.74, 6) is 0. The predicted molar refractivity (Wildman–Crippen MR) is 74.6 cm³/mol. The highest BCUT2D eigenvalue weighted by atomic mass is 16.6. The van der Waals surface area contributed by atoms with Crippen molar-refractivity contribution in [1.82, 2.24) is 0 Å².